The summed E-state index contributed by atoms with van der Waals surface area (Å²) in [5.74, 6) is 0. The summed E-state index contributed by atoms with van der Waals surface area (Å²) in [7, 11) is 0. The monoisotopic (exact) mass is 291 g/mol. The third-order valence-electron chi connectivity index (χ3n) is 5.17. The topological polar surface area (TPSA) is 34.4 Å². The van der Waals surface area contributed by atoms with Crippen molar-refractivity contribution in [3.8, 4) is 0 Å². The van der Waals surface area contributed by atoms with E-state index in [1.807, 2.05) is 0 Å². The second kappa shape index (κ2) is 5.77. The minimum atomic E-state index is -0.306. The molecule has 0 amide bonds. The van der Waals surface area contributed by atoms with Crippen LogP contribution in [0.25, 0.3) is 0 Å². The Morgan fingerprint density at radius 3 is 2.76 bits per heavy atom. The first-order valence-electron chi connectivity index (χ1n) is 8.45. The van der Waals surface area contributed by atoms with Crippen LogP contribution in [0.4, 0.5) is 0 Å². The standard InChI is InChI=1S/C18H29NO2/c1-13-10-15-16(11-18(2,3)12-17(15)20)19(13)8-9-21-14-6-4-5-7-14/h10,14,17,20H,4-9,11-12H2,1-3H3. The van der Waals surface area contributed by atoms with E-state index in [9.17, 15) is 5.11 Å². The van der Waals surface area contributed by atoms with E-state index >= 15 is 0 Å². The first-order chi connectivity index (χ1) is 9.96. The Labute approximate surface area is 128 Å². The Morgan fingerprint density at radius 1 is 1.33 bits per heavy atom. The fourth-order valence-corrected chi connectivity index (χ4v) is 4.08. The van der Waals surface area contributed by atoms with Gasteiger partial charge >= 0.3 is 0 Å². The summed E-state index contributed by atoms with van der Waals surface area (Å²) in [6.07, 6.45) is 7.20. The number of nitrogens with zero attached hydrogens (tertiary/aromatic N) is 1. The summed E-state index contributed by atoms with van der Waals surface area (Å²) in [5.41, 5.74) is 3.91. The van der Waals surface area contributed by atoms with Gasteiger partial charge in [-0.15, -0.1) is 0 Å². The van der Waals surface area contributed by atoms with Crippen molar-refractivity contribution < 1.29 is 9.84 Å². The van der Waals surface area contributed by atoms with E-state index in [-0.39, 0.29) is 11.5 Å². The molecule has 2 aliphatic carbocycles. The summed E-state index contributed by atoms with van der Waals surface area (Å²) in [4.78, 5) is 0. The lowest BCUT2D eigenvalue weighted by molar-refractivity contribution is 0.0512. The van der Waals surface area contributed by atoms with Gasteiger partial charge in [0.25, 0.3) is 0 Å². The van der Waals surface area contributed by atoms with Crippen LogP contribution in [0.3, 0.4) is 0 Å². The highest BCUT2D eigenvalue weighted by atomic mass is 16.5. The molecule has 1 heterocycles. The van der Waals surface area contributed by atoms with Gasteiger partial charge < -0.3 is 14.4 Å². The molecule has 1 fully saturated rings. The highest BCUT2D eigenvalue weighted by molar-refractivity contribution is 5.33. The fraction of sp³-hybridized carbons (Fsp3) is 0.778. The van der Waals surface area contributed by atoms with Gasteiger partial charge in [0.1, 0.15) is 0 Å². The summed E-state index contributed by atoms with van der Waals surface area (Å²) in [5, 5.41) is 10.4. The molecule has 1 N–H and O–H groups in total. The molecule has 0 aromatic carbocycles. The molecule has 21 heavy (non-hydrogen) atoms. The van der Waals surface area contributed by atoms with Gasteiger partial charge in [-0.2, -0.15) is 0 Å². The van der Waals surface area contributed by atoms with Crippen LogP contribution in [-0.4, -0.2) is 22.4 Å². The van der Waals surface area contributed by atoms with Gasteiger partial charge in [-0.3, -0.25) is 0 Å². The molecule has 1 atom stereocenters. The smallest absolute Gasteiger partial charge is 0.0812 e. The second-order valence-corrected chi connectivity index (χ2v) is 7.68. The molecule has 2 aliphatic rings. The SMILES string of the molecule is Cc1cc2c(n1CCOC1CCCC1)CC(C)(C)CC2O. The summed E-state index contributed by atoms with van der Waals surface area (Å²) >= 11 is 0. The quantitative estimate of drug-likeness (QED) is 0.916. The van der Waals surface area contributed by atoms with E-state index < -0.39 is 0 Å². The van der Waals surface area contributed by atoms with E-state index in [2.05, 4.69) is 31.4 Å². The van der Waals surface area contributed by atoms with Crippen molar-refractivity contribution in [3.05, 3.63) is 23.0 Å². The average Bonchev–Trinajstić information content (AvgIpc) is 2.99. The average molecular weight is 291 g/mol. The Bertz CT molecular complexity index is 498. The van der Waals surface area contributed by atoms with Crippen molar-refractivity contribution in [2.75, 3.05) is 6.61 Å². The van der Waals surface area contributed by atoms with Crippen molar-refractivity contribution in [1.29, 1.82) is 0 Å². The van der Waals surface area contributed by atoms with Crippen LogP contribution in [0.1, 0.15) is 69.0 Å². The normalized spacial score (nSPS) is 25.2. The van der Waals surface area contributed by atoms with Crippen molar-refractivity contribution in [1.82, 2.24) is 4.57 Å². The Morgan fingerprint density at radius 2 is 2.05 bits per heavy atom. The van der Waals surface area contributed by atoms with E-state index in [1.165, 1.54) is 37.1 Å². The number of hydrogen-bond donors (Lipinski definition) is 1. The lowest BCUT2D eigenvalue weighted by Gasteiger charge is -2.34. The number of fused-ring (bicyclic) bond motifs is 1. The van der Waals surface area contributed by atoms with E-state index in [1.54, 1.807) is 0 Å². The number of ether oxygens (including phenoxy) is 1. The minimum Gasteiger partial charge on any atom is -0.388 e. The second-order valence-electron chi connectivity index (χ2n) is 7.68. The summed E-state index contributed by atoms with van der Waals surface area (Å²) in [6, 6.07) is 2.17. The molecule has 0 aliphatic heterocycles. The maximum Gasteiger partial charge on any atom is 0.0812 e. The van der Waals surface area contributed by atoms with Gasteiger partial charge in [-0.25, -0.2) is 0 Å². The molecule has 1 saturated carbocycles. The lowest BCUT2D eigenvalue weighted by atomic mass is 9.75. The predicted molar refractivity (Wildman–Crippen MR) is 84.4 cm³/mol. The maximum atomic E-state index is 10.4. The Hall–Kier alpha value is -0.800. The fourth-order valence-electron chi connectivity index (χ4n) is 4.08. The van der Waals surface area contributed by atoms with Crippen LogP contribution in [0.15, 0.2) is 6.07 Å². The molecular formula is C18H29NO2. The summed E-state index contributed by atoms with van der Waals surface area (Å²) in [6.45, 7) is 8.36. The molecule has 118 valence electrons. The van der Waals surface area contributed by atoms with Gasteiger partial charge in [-0.1, -0.05) is 26.7 Å². The van der Waals surface area contributed by atoms with Crippen LogP contribution < -0.4 is 0 Å². The van der Waals surface area contributed by atoms with Crippen LogP contribution in [0.2, 0.25) is 0 Å². The van der Waals surface area contributed by atoms with Crippen molar-refractivity contribution in [2.24, 2.45) is 5.41 Å². The highest BCUT2D eigenvalue weighted by Crippen LogP contribution is 2.41. The van der Waals surface area contributed by atoms with Crippen LogP contribution in [0, 0.1) is 12.3 Å². The molecule has 3 nitrogen and oxygen atoms in total. The molecule has 0 spiro atoms. The zero-order valence-electron chi connectivity index (χ0n) is 13.7. The molecule has 3 rings (SSSR count). The molecular weight excluding hydrogens is 262 g/mol. The third-order valence-corrected chi connectivity index (χ3v) is 5.17. The predicted octanol–water partition coefficient (Wildman–Crippen LogP) is 3.76. The highest BCUT2D eigenvalue weighted by Gasteiger charge is 2.33. The Balaban J connectivity index is 1.70. The number of aryl methyl sites for hydroxylation is 1. The van der Waals surface area contributed by atoms with Gasteiger partial charge in [-0.05, 0) is 44.1 Å². The molecule has 1 unspecified atom stereocenters. The maximum absolute atomic E-state index is 10.4. The zero-order valence-corrected chi connectivity index (χ0v) is 13.7. The summed E-state index contributed by atoms with van der Waals surface area (Å²) < 4.78 is 8.39. The minimum absolute atomic E-state index is 0.182. The van der Waals surface area contributed by atoms with Gasteiger partial charge in [0.05, 0.1) is 18.8 Å². The van der Waals surface area contributed by atoms with Crippen molar-refractivity contribution in [3.63, 3.8) is 0 Å². The number of aromatic nitrogens is 1. The van der Waals surface area contributed by atoms with Crippen LogP contribution >= 0.6 is 0 Å². The largest absolute Gasteiger partial charge is 0.388 e. The number of hydrogen-bond acceptors (Lipinski definition) is 2. The molecule has 0 radical (unpaired) electrons. The first-order valence-corrected chi connectivity index (χ1v) is 8.45. The molecule has 0 saturated heterocycles. The van der Waals surface area contributed by atoms with E-state index in [4.69, 9.17) is 4.74 Å². The molecule has 3 heteroatoms. The van der Waals surface area contributed by atoms with Gasteiger partial charge in [0.15, 0.2) is 0 Å². The number of aliphatic hydroxyl groups is 1. The van der Waals surface area contributed by atoms with Gasteiger partial charge in [0, 0.05) is 23.5 Å². The van der Waals surface area contributed by atoms with E-state index in [0.717, 1.165) is 31.6 Å². The lowest BCUT2D eigenvalue weighted by Crippen LogP contribution is -2.27. The van der Waals surface area contributed by atoms with Crippen molar-refractivity contribution >= 4 is 0 Å². The number of rotatable bonds is 4. The Kier molecular flexibility index (Phi) is 4.15. The zero-order chi connectivity index (χ0) is 15.0. The molecule has 1 aromatic rings. The van der Waals surface area contributed by atoms with Crippen LogP contribution in [0.5, 0.6) is 0 Å². The number of aliphatic hydroxyl groups excluding tert-OH is 1. The molecule has 1 aromatic heterocycles. The van der Waals surface area contributed by atoms with Gasteiger partial charge in [0.2, 0.25) is 0 Å². The van der Waals surface area contributed by atoms with Crippen molar-refractivity contribution in [2.45, 2.75) is 78.0 Å². The first kappa shape index (κ1) is 15.1. The van der Waals surface area contributed by atoms with Crippen LogP contribution in [-0.2, 0) is 17.7 Å². The molecule has 0 bridgehead atoms. The third kappa shape index (κ3) is 3.19. The van der Waals surface area contributed by atoms with E-state index in [0.29, 0.717) is 6.10 Å².